The summed E-state index contributed by atoms with van der Waals surface area (Å²) in [5.41, 5.74) is 2.24. The lowest BCUT2D eigenvalue weighted by atomic mass is 9.85. The molecule has 1 saturated carbocycles. The number of aromatic nitrogens is 4. The lowest BCUT2D eigenvalue weighted by molar-refractivity contribution is -0.137. The molecule has 0 saturated heterocycles. The maximum atomic E-state index is 14.2. The topological polar surface area (TPSA) is 181 Å². The number of carbonyl (C=O) groups is 2. The lowest BCUT2D eigenvalue weighted by Gasteiger charge is -2.28. The van der Waals surface area contributed by atoms with Gasteiger partial charge in [0.15, 0.2) is 0 Å². The average Bonchev–Trinajstić information content (AvgIpc) is 3.75. The summed E-state index contributed by atoms with van der Waals surface area (Å²) in [6.07, 6.45) is -1.25. The summed E-state index contributed by atoms with van der Waals surface area (Å²) in [5, 5.41) is 19.5. The number of rotatable bonds is 9. The van der Waals surface area contributed by atoms with E-state index in [1.54, 1.807) is 44.2 Å². The van der Waals surface area contributed by atoms with Crippen molar-refractivity contribution in [1.29, 1.82) is 5.26 Å². The van der Waals surface area contributed by atoms with Crippen molar-refractivity contribution in [2.45, 2.75) is 76.9 Å². The Labute approximate surface area is 326 Å². The summed E-state index contributed by atoms with van der Waals surface area (Å²) in [7, 11) is -4.43. The first kappa shape index (κ1) is 40.7. The number of hydrogen-bond acceptors (Lipinski definition) is 7. The van der Waals surface area contributed by atoms with Gasteiger partial charge >= 0.3 is 17.9 Å². The fourth-order valence-corrected chi connectivity index (χ4v) is 8.23. The number of alkyl halides is 3. The zero-order chi connectivity index (χ0) is 41.4. The van der Waals surface area contributed by atoms with Gasteiger partial charge in [0.1, 0.15) is 5.69 Å². The van der Waals surface area contributed by atoms with Crippen LogP contribution in [-0.2, 0) is 27.5 Å². The highest BCUT2D eigenvalue weighted by Gasteiger charge is 2.33. The lowest BCUT2D eigenvalue weighted by Crippen LogP contribution is -2.45. The first-order valence-corrected chi connectivity index (χ1v) is 19.6. The van der Waals surface area contributed by atoms with Crippen molar-refractivity contribution < 1.29 is 35.7 Å². The number of carbonyl (C=O) groups excluding carboxylic acids is 2. The third-order valence-corrected chi connectivity index (χ3v) is 11.7. The Kier molecular flexibility index (Phi) is 11.3. The number of nitrogens with zero attached hydrogens (tertiary/aromatic N) is 5. The van der Waals surface area contributed by atoms with E-state index in [4.69, 9.17) is 0 Å². The van der Waals surface area contributed by atoms with Crippen LogP contribution in [0.1, 0.15) is 64.8 Å². The molecule has 0 radical (unpaired) electrons. The van der Waals surface area contributed by atoms with Gasteiger partial charge in [0.25, 0.3) is 10.1 Å². The molecule has 0 atom stereocenters. The summed E-state index contributed by atoms with van der Waals surface area (Å²) in [5.74, 6) is -0.559. The number of imidazole rings is 1. The Morgan fingerprint density at radius 3 is 2.26 bits per heavy atom. The molecule has 6 rings (SSSR count). The molecule has 2 heterocycles. The molecule has 0 unspecified atom stereocenters. The molecule has 13 nitrogen and oxygen atoms in total. The van der Waals surface area contributed by atoms with Crippen molar-refractivity contribution in [3.63, 3.8) is 0 Å². The summed E-state index contributed by atoms with van der Waals surface area (Å²) in [6, 6.07) is 14.5. The number of benzene rings is 3. The maximum absolute atomic E-state index is 14.2. The number of halogens is 3. The van der Waals surface area contributed by atoms with Crippen molar-refractivity contribution in [2.24, 2.45) is 5.92 Å². The largest absolute Gasteiger partial charge is 0.416 e. The van der Waals surface area contributed by atoms with E-state index in [9.17, 15) is 45.8 Å². The van der Waals surface area contributed by atoms with Crippen LogP contribution in [0.2, 0.25) is 0 Å². The van der Waals surface area contributed by atoms with E-state index >= 15 is 0 Å². The molecule has 3 N–H and O–H groups in total. The molecule has 0 bridgehead atoms. The highest BCUT2D eigenvalue weighted by Crippen LogP contribution is 2.33. The van der Waals surface area contributed by atoms with Crippen LogP contribution in [-0.4, -0.2) is 56.4 Å². The summed E-state index contributed by atoms with van der Waals surface area (Å²) in [6.45, 7) is 7.01. The van der Waals surface area contributed by atoms with E-state index in [1.165, 1.54) is 36.0 Å². The van der Waals surface area contributed by atoms with Crippen LogP contribution in [0.5, 0.6) is 0 Å². The van der Waals surface area contributed by atoms with Crippen LogP contribution in [0.25, 0.3) is 22.8 Å². The smallest absolute Gasteiger partial charge is 0.356 e. The number of nitrogens with one attached hydrogen (secondary N) is 2. The zero-order valence-corrected chi connectivity index (χ0v) is 32.3. The Bertz CT molecular complexity index is 2580. The van der Waals surface area contributed by atoms with E-state index in [0.29, 0.717) is 60.2 Å². The van der Waals surface area contributed by atoms with Gasteiger partial charge in [-0.25, -0.2) is 18.8 Å². The maximum Gasteiger partial charge on any atom is 0.416 e. The fourth-order valence-electron chi connectivity index (χ4n) is 7.40. The summed E-state index contributed by atoms with van der Waals surface area (Å²) < 4.78 is 78.1. The first-order valence-electron chi connectivity index (χ1n) is 18.1. The molecular weight excluding hydrogens is 764 g/mol. The van der Waals surface area contributed by atoms with Gasteiger partial charge in [0.05, 0.1) is 51.1 Å². The van der Waals surface area contributed by atoms with Crippen LogP contribution >= 0.6 is 0 Å². The van der Waals surface area contributed by atoms with E-state index in [-0.39, 0.29) is 40.3 Å². The second-order valence-electron chi connectivity index (χ2n) is 14.1. The second kappa shape index (κ2) is 15.9. The third kappa shape index (κ3) is 8.28. The molecule has 1 aliphatic rings. The Morgan fingerprint density at radius 2 is 1.63 bits per heavy atom. The van der Waals surface area contributed by atoms with Gasteiger partial charge in [0, 0.05) is 18.5 Å². The molecular formula is C40H40F3N7O6S. The van der Waals surface area contributed by atoms with E-state index in [2.05, 4.69) is 15.7 Å². The molecule has 1 aliphatic carbocycles. The molecule has 0 spiro atoms. The van der Waals surface area contributed by atoms with E-state index in [0.717, 1.165) is 32.4 Å². The van der Waals surface area contributed by atoms with Gasteiger partial charge in [-0.05, 0) is 137 Å². The van der Waals surface area contributed by atoms with Crippen molar-refractivity contribution in [3.05, 3.63) is 116 Å². The SMILES string of the molecule is Cc1c(CCNC(=O)C2CCC(NC(=O)n3c(-c4ccnn4-c4ccc(C#N)cc4)c(C)n(-c4cccc(C(F)(F)F)c4)c3=O)CC2)cc(S(=O)(=O)O)c(C)c1C. The fraction of sp³-hybridized carbons (Fsp3) is 0.325. The second-order valence-corrected chi connectivity index (χ2v) is 15.5. The minimum absolute atomic E-state index is 0.0903. The van der Waals surface area contributed by atoms with Crippen molar-refractivity contribution in [2.75, 3.05) is 6.54 Å². The molecule has 0 aliphatic heterocycles. The van der Waals surface area contributed by atoms with Gasteiger partial charge < -0.3 is 10.6 Å². The predicted octanol–water partition coefficient (Wildman–Crippen LogP) is 6.34. The van der Waals surface area contributed by atoms with Crippen molar-refractivity contribution in [1.82, 2.24) is 29.5 Å². The first-order chi connectivity index (χ1) is 26.9. The third-order valence-electron chi connectivity index (χ3n) is 10.7. The summed E-state index contributed by atoms with van der Waals surface area (Å²) >= 11 is 0. The Balaban J connectivity index is 1.21. The normalized spacial score (nSPS) is 15.9. The molecule has 3 aromatic carbocycles. The van der Waals surface area contributed by atoms with Gasteiger partial charge in [-0.15, -0.1) is 0 Å². The Morgan fingerprint density at radius 1 is 0.947 bits per heavy atom. The molecule has 298 valence electrons. The Hall–Kier alpha value is -5.99. The highest BCUT2D eigenvalue weighted by molar-refractivity contribution is 7.85. The number of hydrogen-bond donors (Lipinski definition) is 3. The number of nitriles is 1. The van der Waals surface area contributed by atoms with Gasteiger partial charge in [-0.3, -0.25) is 13.9 Å². The molecule has 1 fully saturated rings. The predicted molar refractivity (Wildman–Crippen MR) is 204 cm³/mol. The van der Waals surface area contributed by atoms with Crippen LogP contribution in [0, 0.1) is 44.9 Å². The van der Waals surface area contributed by atoms with Gasteiger partial charge in [0.2, 0.25) is 5.91 Å². The molecule has 2 aromatic heterocycles. The molecule has 57 heavy (non-hydrogen) atoms. The molecule has 5 aromatic rings. The quantitative estimate of drug-likeness (QED) is 0.144. The zero-order valence-electron chi connectivity index (χ0n) is 31.5. The average molecular weight is 804 g/mol. The minimum atomic E-state index is -4.69. The van der Waals surface area contributed by atoms with Crippen LogP contribution in [0.15, 0.2) is 76.6 Å². The van der Waals surface area contributed by atoms with Crippen molar-refractivity contribution >= 4 is 22.1 Å². The van der Waals surface area contributed by atoms with Gasteiger partial charge in [-0.2, -0.15) is 31.9 Å². The van der Waals surface area contributed by atoms with Crippen LogP contribution in [0.4, 0.5) is 18.0 Å². The van der Waals surface area contributed by atoms with E-state index in [1.807, 2.05) is 13.0 Å². The summed E-state index contributed by atoms with van der Waals surface area (Å²) in [4.78, 5) is 41.3. The van der Waals surface area contributed by atoms with Gasteiger partial charge in [-0.1, -0.05) is 6.07 Å². The van der Waals surface area contributed by atoms with Crippen molar-refractivity contribution in [3.8, 4) is 28.8 Å². The van der Waals surface area contributed by atoms with E-state index < -0.39 is 39.6 Å². The number of amides is 2. The van der Waals surface area contributed by atoms with Crippen LogP contribution < -0.4 is 16.3 Å². The molecule has 17 heteroatoms. The minimum Gasteiger partial charge on any atom is -0.356 e. The molecule has 2 amide bonds. The highest BCUT2D eigenvalue weighted by atomic mass is 32.2. The monoisotopic (exact) mass is 803 g/mol. The van der Waals surface area contributed by atoms with Crippen LogP contribution in [0.3, 0.4) is 0 Å². The standard InChI is InChI=1S/C40H40F3N7O6S/c1-23-24(2)29(20-35(25(23)3)57(54,55)56)16-18-45-37(51)28-10-12-31(13-11-28)47-38(52)49-36(34-17-19-46-50(34)32-14-8-27(22-44)9-15-32)26(4)48(39(49)53)33-7-5-6-30(21-33)40(41,42)43/h5-9,14-15,17,19-21,28,31H,10-13,16,18H2,1-4H3,(H,45,51)(H,47,52)(H,54,55,56).